The number of halogens is 2. The van der Waals surface area contributed by atoms with E-state index in [0.29, 0.717) is 0 Å². The summed E-state index contributed by atoms with van der Waals surface area (Å²) in [6.45, 7) is 2.02. The number of benzene rings is 1. The molecule has 0 saturated carbocycles. The molecular weight excluding hydrogens is 266 g/mol. The zero-order valence-corrected chi connectivity index (χ0v) is 10.7. The van der Waals surface area contributed by atoms with Crippen molar-refractivity contribution in [1.29, 1.82) is 0 Å². The second-order valence-electron chi connectivity index (χ2n) is 4.28. The summed E-state index contributed by atoms with van der Waals surface area (Å²) < 4.78 is 27.1. The molecule has 2 aromatic rings. The lowest BCUT2D eigenvalue weighted by Gasteiger charge is -2.05. The minimum Gasteiger partial charge on any atom is -0.477 e. The average molecular weight is 278 g/mol. The Bertz CT molecular complexity index is 619. The Labute approximate surface area is 114 Å². The van der Waals surface area contributed by atoms with Crippen molar-refractivity contribution in [3.63, 3.8) is 0 Å². The lowest BCUT2D eigenvalue weighted by atomic mass is 10.1. The van der Waals surface area contributed by atoms with E-state index in [1.54, 1.807) is 12.4 Å². The van der Waals surface area contributed by atoms with Crippen molar-refractivity contribution in [2.75, 3.05) is 0 Å². The van der Waals surface area contributed by atoms with Crippen LogP contribution in [-0.2, 0) is 6.42 Å². The first kappa shape index (κ1) is 14.0. The smallest absolute Gasteiger partial charge is 0.341 e. The molecular formula is C14H12F2N2O2. The molecule has 0 aliphatic rings. The molecule has 0 saturated heterocycles. The van der Waals surface area contributed by atoms with Crippen LogP contribution < -0.4 is 0 Å². The number of carboxylic acid groups (broad SMARTS) is 1. The molecule has 0 radical (unpaired) electrons. The topological polar surface area (TPSA) is 63.1 Å². The van der Waals surface area contributed by atoms with Crippen molar-refractivity contribution in [3.8, 4) is 11.4 Å². The number of aromatic nitrogens is 2. The molecule has 0 aliphatic heterocycles. The Morgan fingerprint density at radius 1 is 1.20 bits per heavy atom. The number of rotatable bonds is 4. The first-order valence-electron chi connectivity index (χ1n) is 6.06. The molecule has 0 fully saturated rings. The SMILES string of the molecule is CCCc1cnc(-c2cc(F)c(C(=O)O)c(F)c2)nc1. The summed E-state index contributed by atoms with van der Waals surface area (Å²) in [7, 11) is 0. The van der Waals surface area contributed by atoms with E-state index in [4.69, 9.17) is 5.11 Å². The monoisotopic (exact) mass is 278 g/mol. The number of aryl methyl sites for hydroxylation is 1. The number of nitrogens with zero attached hydrogens (tertiary/aromatic N) is 2. The molecule has 1 heterocycles. The van der Waals surface area contributed by atoms with Crippen LogP contribution in [0.3, 0.4) is 0 Å². The molecule has 6 heteroatoms. The van der Waals surface area contributed by atoms with Gasteiger partial charge in [0.05, 0.1) is 0 Å². The Morgan fingerprint density at radius 3 is 2.20 bits per heavy atom. The first-order chi connectivity index (χ1) is 9.52. The minimum atomic E-state index is -1.65. The van der Waals surface area contributed by atoms with Gasteiger partial charge in [-0.05, 0) is 24.1 Å². The van der Waals surface area contributed by atoms with Gasteiger partial charge in [0.15, 0.2) is 5.82 Å². The molecule has 2 rings (SSSR count). The maximum absolute atomic E-state index is 13.6. The zero-order valence-electron chi connectivity index (χ0n) is 10.7. The number of aromatic carboxylic acids is 1. The van der Waals surface area contributed by atoms with Crippen LogP contribution in [0.25, 0.3) is 11.4 Å². The number of hydrogen-bond acceptors (Lipinski definition) is 3. The fourth-order valence-electron chi connectivity index (χ4n) is 1.83. The van der Waals surface area contributed by atoms with Crippen molar-refractivity contribution in [2.45, 2.75) is 19.8 Å². The van der Waals surface area contributed by atoms with E-state index in [9.17, 15) is 13.6 Å². The van der Waals surface area contributed by atoms with Crippen molar-refractivity contribution in [1.82, 2.24) is 9.97 Å². The molecule has 1 aromatic carbocycles. The predicted molar refractivity (Wildman–Crippen MR) is 68.3 cm³/mol. The number of carboxylic acids is 1. The molecule has 1 aromatic heterocycles. The van der Waals surface area contributed by atoms with E-state index in [2.05, 4.69) is 9.97 Å². The second kappa shape index (κ2) is 5.73. The molecule has 0 atom stereocenters. The van der Waals surface area contributed by atoms with E-state index < -0.39 is 23.2 Å². The van der Waals surface area contributed by atoms with Gasteiger partial charge in [-0.15, -0.1) is 0 Å². The van der Waals surface area contributed by atoms with E-state index >= 15 is 0 Å². The van der Waals surface area contributed by atoms with Crippen molar-refractivity contribution >= 4 is 5.97 Å². The van der Waals surface area contributed by atoms with E-state index in [1.165, 1.54) is 0 Å². The van der Waals surface area contributed by atoms with E-state index in [0.717, 1.165) is 30.5 Å². The van der Waals surface area contributed by atoms with Crippen molar-refractivity contribution in [3.05, 3.63) is 47.3 Å². The van der Waals surface area contributed by atoms with Crippen LogP contribution in [0.4, 0.5) is 8.78 Å². The van der Waals surface area contributed by atoms with Gasteiger partial charge in [0.25, 0.3) is 0 Å². The summed E-state index contributed by atoms with van der Waals surface area (Å²) in [5.74, 6) is -3.78. The molecule has 0 amide bonds. The van der Waals surface area contributed by atoms with Gasteiger partial charge in [0.2, 0.25) is 0 Å². The Balaban J connectivity index is 2.40. The summed E-state index contributed by atoms with van der Waals surface area (Å²) in [4.78, 5) is 18.8. The zero-order chi connectivity index (χ0) is 14.7. The molecule has 1 N–H and O–H groups in total. The summed E-state index contributed by atoms with van der Waals surface area (Å²) in [6.07, 6.45) is 4.94. The molecule has 0 aliphatic carbocycles. The van der Waals surface area contributed by atoms with Gasteiger partial charge in [-0.25, -0.2) is 23.5 Å². The van der Waals surface area contributed by atoms with Crippen LogP contribution in [0.1, 0.15) is 29.3 Å². The highest BCUT2D eigenvalue weighted by Gasteiger charge is 2.18. The van der Waals surface area contributed by atoms with Crippen LogP contribution >= 0.6 is 0 Å². The van der Waals surface area contributed by atoms with Crippen LogP contribution in [0.15, 0.2) is 24.5 Å². The third-order valence-electron chi connectivity index (χ3n) is 2.76. The fourth-order valence-corrected chi connectivity index (χ4v) is 1.83. The normalized spacial score (nSPS) is 10.6. The fraction of sp³-hybridized carbons (Fsp3) is 0.214. The maximum atomic E-state index is 13.6. The molecule has 104 valence electrons. The van der Waals surface area contributed by atoms with Gasteiger partial charge in [0.1, 0.15) is 17.2 Å². The Kier molecular flexibility index (Phi) is 4.02. The molecule has 0 bridgehead atoms. The van der Waals surface area contributed by atoms with Gasteiger partial charge in [-0.2, -0.15) is 0 Å². The maximum Gasteiger partial charge on any atom is 0.341 e. The summed E-state index contributed by atoms with van der Waals surface area (Å²) >= 11 is 0. The summed E-state index contributed by atoms with van der Waals surface area (Å²) in [5, 5.41) is 8.69. The molecule has 0 spiro atoms. The number of carbonyl (C=O) groups is 1. The summed E-state index contributed by atoms with van der Waals surface area (Å²) in [5.41, 5.74) is 0.0590. The van der Waals surface area contributed by atoms with Crippen LogP contribution in [0.5, 0.6) is 0 Å². The molecule has 20 heavy (non-hydrogen) atoms. The Morgan fingerprint density at radius 2 is 1.75 bits per heavy atom. The third-order valence-corrected chi connectivity index (χ3v) is 2.76. The van der Waals surface area contributed by atoms with Gasteiger partial charge in [0, 0.05) is 18.0 Å². The minimum absolute atomic E-state index is 0.105. The molecule has 4 nitrogen and oxygen atoms in total. The lowest BCUT2D eigenvalue weighted by molar-refractivity contribution is 0.0686. The van der Waals surface area contributed by atoms with Gasteiger partial charge in [-0.3, -0.25) is 0 Å². The largest absolute Gasteiger partial charge is 0.477 e. The summed E-state index contributed by atoms with van der Waals surface area (Å²) in [6, 6.07) is 1.84. The van der Waals surface area contributed by atoms with Crippen molar-refractivity contribution < 1.29 is 18.7 Å². The highest BCUT2D eigenvalue weighted by atomic mass is 19.1. The molecule has 0 unspecified atom stereocenters. The third kappa shape index (κ3) is 2.79. The van der Waals surface area contributed by atoms with E-state index in [1.807, 2.05) is 6.92 Å². The van der Waals surface area contributed by atoms with Gasteiger partial charge in [-0.1, -0.05) is 13.3 Å². The Hall–Kier alpha value is -2.37. The standard InChI is InChI=1S/C14H12F2N2O2/c1-2-3-8-6-17-13(18-7-8)9-4-10(15)12(14(19)20)11(16)5-9/h4-7H,2-3H2,1H3,(H,19,20). The average Bonchev–Trinajstić information content (AvgIpc) is 2.38. The highest BCUT2D eigenvalue weighted by Crippen LogP contribution is 2.22. The van der Waals surface area contributed by atoms with Crippen LogP contribution in [0.2, 0.25) is 0 Å². The van der Waals surface area contributed by atoms with Crippen molar-refractivity contribution in [2.24, 2.45) is 0 Å². The lowest BCUT2D eigenvalue weighted by Crippen LogP contribution is -2.05. The van der Waals surface area contributed by atoms with Gasteiger partial charge >= 0.3 is 5.97 Å². The van der Waals surface area contributed by atoms with E-state index in [-0.39, 0.29) is 11.4 Å². The highest BCUT2D eigenvalue weighted by molar-refractivity contribution is 5.88. The van der Waals surface area contributed by atoms with Gasteiger partial charge < -0.3 is 5.11 Å². The quantitative estimate of drug-likeness (QED) is 0.933. The number of hydrogen-bond donors (Lipinski definition) is 1. The first-order valence-corrected chi connectivity index (χ1v) is 6.06. The van der Waals surface area contributed by atoms with Crippen LogP contribution in [-0.4, -0.2) is 21.0 Å². The van der Waals surface area contributed by atoms with Crippen LogP contribution in [0, 0.1) is 11.6 Å². The predicted octanol–water partition coefficient (Wildman–Crippen LogP) is 3.07. The second-order valence-corrected chi connectivity index (χ2v) is 4.28.